The van der Waals surface area contributed by atoms with Crippen LogP contribution in [0.1, 0.15) is 13.3 Å². The van der Waals surface area contributed by atoms with Gasteiger partial charge in [-0.25, -0.2) is 0 Å². The van der Waals surface area contributed by atoms with Gasteiger partial charge >= 0.3 is 0 Å². The fraction of sp³-hybridized carbons (Fsp3) is 0.200. The third-order valence-corrected chi connectivity index (χ3v) is 2.90. The first-order valence-electron chi connectivity index (χ1n) is 6.16. The highest BCUT2D eigenvalue weighted by Gasteiger charge is 2.14. The molecule has 0 atom stereocenters. The lowest BCUT2D eigenvalue weighted by atomic mass is 10.3. The molecule has 0 unspecified atom stereocenters. The third kappa shape index (κ3) is 12.3. The zero-order valence-electron chi connectivity index (χ0n) is 11.7. The van der Waals surface area contributed by atoms with Crippen LogP contribution in [0.4, 0.5) is 0 Å². The van der Waals surface area contributed by atoms with Gasteiger partial charge in [0.1, 0.15) is 23.0 Å². The lowest BCUT2D eigenvalue weighted by molar-refractivity contribution is 0.460. The van der Waals surface area contributed by atoms with E-state index in [0.29, 0.717) is 6.42 Å². The van der Waals surface area contributed by atoms with Gasteiger partial charge in [-0.1, -0.05) is 41.7 Å². The average molecular weight is 368 g/mol. The summed E-state index contributed by atoms with van der Waals surface area (Å²) < 4.78 is -1.04. The highest BCUT2D eigenvalue weighted by Crippen LogP contribution is 2.28. The highest BCUT2D eigenvalue weighted by atomic mass is 35.6. The van der Waals surface area contributed by atoms with Crippen molar-refractivity contribution in [1.82, 2.24) is 0 Å². The van der Waals surface area contributed by atoms with Crippen molar-refractivity contribution in [3.8, 4) is 23.0 Å². The molecule has 0 amide bonds. The van der Waals surface area contributed by atoms with E-state index < -0.39 is 3.79 Å². The first-order chi connectivity index (χ1) is 10.1. The molecule has 0 aliphatic heterocycles. The van der Waals surface area contributed by atoms with Crippen LogP contribution in [0.25, 0.3) is 0 Å². The maximum atomic E-state index is 8.65. The van der Waals surface area contributed by atoms with Crippen molar-refractivity contribution in [3.05, 3.63) is 48.5 Å². The Kier molecular flexibility index (Phi) is 9.58. The molecule has 0 saturated carbocycles. The van der Waals surface area contributed by atoms with Crippen molar-refractivity contribution in [1.29, 1.82) is 0 Å². The second kappa shape index (κ2) is 10.3. The van der Waals surface area contributed by atoms with E-state index in [1.807, 2.05) is 6.92 Å². The van der Waals surface area contributed by atoms with Crippen molar-refractivity contribution in [3.63, 3.8) is 0 Å². The van der Waals surface area contributed by atoms with Crippen LogP contribution >= 0.6 is 34.8 Å². The van der Waals surface area contributed by atoms with Crippen molar-refractivity contribution in [2.24, 2.45) is 0 Å². The summed E-state index contributed by atoms with van der Waals surface area (Å²) in [5.74, 6) is 0.677. The smallest absolute Gasteiger partial charge is 0.190 e. The van der Waals surface area contributed by atoms with Crippen molar-refractivity contribution >= 4 is 34.8 Å². The maximum Gasteiger partial charge on any atom is 0.190 e. The number of aromatic hydroxyl groups is 4. The average Bonchev–Trinajstić information content (AvgIpc) is 2.46. The van der Waals surface area contributed by atoms with Gasteiger partial charge in [0.25, 0.3) is 0 Å². The Morgan fingerprint density at radius 1 is 0.636 bits per heavy atom. The Morgan fingerprint density at radius 2 is 0.773 bits per heavy atom. The van der Waals surface area contributed by atoms with Crippen LogP contribution in [-0.2, 0) is 0 Å². The summed E-state index contributed by atoms with van der Waals surface area (Å²) in [4.78, 5) is 0. The largest absolute Gasteiger partial charge is 0.508 e. The molecule has 0 aromatic heterocycles. The van der Waals surface area contributed by atoms with Gasteiger partial charge in [0.15, 0.2) is 3.79 Å². The van der Waals surface area contributed by atoms with Crippen molar-refractivity contribution in [2.45, 2.75) is 17.1 Å². The zero-order valence-corrected chi connectivity index (χ0v) is 14.0. The molecule has 0 radical (unpaired) electrons. The van der Waals surface area contributed by atoms with E-state index in [2.05, 4.69) is 0 Å². The number of hydrogen-bond acceptors (Lipinski definition) is 4. The van der Waals surface area contributed by atoms with E-state index in [1.165, 1.54) is 48.5 Å². The van der Waals surface area contributed by atoms with Crippen LogP contribution in [0, 0.1) is 0 Å². The Balaban J connectivity index is 0.000000306. The Bertz CT molecular complexity index is 436. The van der Waals surface area contributed by atoms with Crippen LogP contribution in [0.5, 0.6) is 23.0 Å². The second-order valence-electron chi connectivity index (χ2n) is 4.00. The zero-order chi connectivity index (χ0) is 17.2. The SMILES string of the molecule is CCC(Cl)(Cl)Cl.Oc1ccc(O)cc1.Oc1ccc(O)cc1. The van der Waals surface area contributed by atoms with Crippen LogP contribution in [0.2, 0.25) is 0 Å². The minimum absolute atomic E-state index is 0.169. The molecule has 0 heterocycles. The normalized spacial score (nSPS) is 9.82. The summed E-state index contributed by atoms with van der Waals surface area (Å²) >= 11 is 15.7. The van der Waals surface area contributed by atoms with E-state index in [0.717, 1.165) is 0 Å². The number of benzene rings is 2. The number of rotatable bonds is 0. The monoisotopic (exact) mass is 366 g/mol. The van der Waals surface area contributed by atoms with Gasteiger partial charge < -0.3 is 20.4 Å². The van der Waals surface area contributed by atoms with Gasteiger partial charge in [-0.3, -0.25) is 0 Å². The molecule has 4 N–H and O–H groups in total. The van der Waals surface area contributed by atoms with Crippen molar-refractivity contribution in [2.75, 3.05) is 0 Å². The van der Waals surface area contributed by atoms with Gasteiger partial charge in [0.2, 0.25) is 0 Å². The van der Waals surface area contributed by atoms with Gasteiger partial charge in [-0.15, -0.1) is 0 Å². The number of hydrogen-bond donors (Lipinski definition) is 4. The van der Waals surface area contributed by atoms with E-state index in [4.69, 9.17) is 55.2 Å². The molecular formula is C15H17Cl3O4. The van der Waals surface area contributed by atoms with Crippen molar-refractivity contribution < 1.29 is 20.4 Å². The summed E-state index contributed by atoms with van der Waals surface area (Å²) in [6.45, 7) is 1.81. The first-order valence-corrected chi connectivity index (χ1v) is 7.30. The predicted octanol–water partition coefficient (Wildman–Crippen LogP) is 4.96. The van der Waals surface area contributed by atoms with E-state index >= 15 is 0 Å². The number of halogens is 3. The molecule has 0 aliphatic rings. The Morgan fingerprint density at radius 3 is 0.864 bits per heavy atom. The highest BCUT2D eigenvalue weighted by molar-refractivity contribution is 6.67. The molecule has 0 saturated heterocycles. The fourth-order valence-corrected chi connectivity index (χ4v) is 0.905. The molecule has 2 aromatic rings. The maximum absolute atomic E-state index is 8.65. The fourth-order valence-electron chi connectivity index (χ4n) is 0.905. The van der Waals surface area contributed by atoms with Gasteiger partial charge in [-0.2, -0.15) is 0 Å². The molecule has 2 aromatic carbocycles. The third-order valence-electron chi connectivity index (χ3n) is 2.10. The quantitative estimate of drug-likeness (QED) is 0.392. The molecule has 0 fully saturated rings. The summed E-state index contributed by atoms with van der Waals surface area (Å²) in [5, 5.41) is 34.6. The van der Waals surface area contributed by atoms with Crippen LogP contribution in [-0.4, -0.2) is 24.2 Å². The lowest BCUT2D eigenvalue weighted by Crippen LogP contribution is -1.95. The number of phenolic OH excluding ortho intramolecular Hbond substituents is 4. The molecule has 7 heteroatoms. The minimum atomic E-state index is -1.04. The molecule has 122 valence electrons. The second-order valence-corrected chi connectivity index (χ2v) is 6.52. The summed E-state index contributed by atoms with van der Waals surface area (Å²) in [5.41, 5.74) is 0. The Labute approximate surface area is 144 Å². The molecular weight excluding hydrogens is 351 g/mol. The molecule has 0 aliphatic carbocycles. The first kappa shape index (κ1) is 20.5. The summed E-state index contributed by atoms with van der Waals surface area (Å²) in [6, 6.07) is 11.4. The molecule has 4 nitrogen and oxygen atoms in total. The topological polar surface area (TPSA) is 80.9 Å². The standard InChI is InChI=1S/2C6H6O2.C3H5Cl3/c2*7-5-1-2-6(8)4-3-5;1-2-3(4,5)6/h2*1-4,7-8H;2H2,1H3. The van der Waals surface area contributed by atoms with Gasteiger partial charge in [0, 0.05) is 0 Å². The van der Waals surface area contributed by atoms with Crippen LogP contribution < -0.4 is 0 Å². The molecule has 0 bridgehead atoms. The van der Waals surface area contributed by atoms with E-state index in [1.54, 1.807) is 0 Å². The van der Waals surface area contributed by atoms with Gasteiger partial charge in [-0.05, 0) is 55.0 Å². The lowest BCUT2D eigenvalue weighted by Gasteiger charge is -2.02. The predicted molar refractivity (Wildman–Crippen MR) is 90.1 cm³/mol. The minimum Gasteiger partial charge on any atom is -0.508 e. The summed E-state index contributed by atoms with van der Waals surface area (Å²) in [7, 11) is 0. The van der Waals surface area contributed by atoms with E-state index in [-0.39, 0.29) is 23.0 Å². The van der Waals surface area contributed by atoms with Crippen LogP contribution in [0.3, 0.4) is 0 Å². The van der Waals surface area contributed by atoms with Gasteiger partial charge in [0.05, 0.1) is 0 Å². The molecule has 0 spiro atoms. The Hall–Kier alpha value is -1.49. The number of alkyl halides is 3. The number of phenols is 4. The molecule has 2 rings (SSSR count). The summed E-state index contributed by atoms with van der Waals surface area (Å²) in [6.07, 6.45) is 0.567. The molecule has 22 heavy (non-hydrogen) atoms. The van der Waals surface area contributed by atoms with E-state index in [9.17, 15) is 0 Å². The van der Waals surface area contributed by atoms with Crippen LogP contribution in [0.15, 0.2) is 48.5 Å².